The first kappa shape index (κ1) is 18.2. The monoisotopic (exact) mass is 379 g/mol. The van der Waals surface area contributed by atoms with E-state index in [-0.39, 0.29) is 17.9 Å². The van der Waals surface area contributed by atoms with E-state index in [0.717, 1.165) is 30.5 Å². The number of amides is 2. The van der Waals surface area contributed by atoms with Crippen molar-refractivity contribution >= 4 is 11.7 Å². The van der Waals surface area contributed by atoms with Crippen molar-refractivity contribution in [2.75, 3.05) is 11.9 Å². The summed E-state index contributed by atoms with van der Waals surface area (Å²) < 4.78 is 13.1. The number of benzene rings is 2. The lowest BCUT2D eigenvalue weighted by Gasteiger charge is -2.23. The summed E-state index contributed by atoms with van der Waals surface area (Å²) in [7, 11) is 0. The summed E-state index contributed by atoms with van der Waals surface area (Å²) in [5, 5.41) is 10.2. The van der Waals surface area contributed by atoms with E-state index in [1.807, 2.05) is 24.3 Å². The van der Waals surface area contributed by atoms with Gasteiger partial charge in [0.15, 0.2) is 5.82 Å². The Morgan fingerprint density at radius 1 is 1.29 bits per heavy atom. The van der Waals surface area contributed by atoms with Gasteiger partial charge >= 0.3 is 6.03 Å². The van der Waals surface area contributed by atoms with E-state index >= 15 is 0 Å². The van der Waals surface area contributed by atoms with Gasteiger partial charge < -0.3 is 10.2 Å². The third-order valence-corrected chi connectivity index (χ3v) is 5.02. The molecular formula is C21H22FN5O. The molecule has 1 fully saturated rings. The molecule has 4 rings (SSSR count). The smallest absolute Gasteiger partial charge is 0.314 e. The Hall–Kier alpha value is -3.22. The molecule has 28 heavy (non-hydrogen) atoms. The van der Waals surface area contributed by atoms with Crippen LogP contribution in [-0.4, -0.2) is 32.7 Å². The maximum Gasteiger partial charge on any atom is 0.322 e. The maximum atomic E-state index is 13.1. The minimum Gasteiger partial charge on any atom is -0.314 e. The van der Waals surface area contributed by atoms with Crippen LogP contribution < -0.4 is 5.32 Å². The van der Waals surface area contributed by atoms with Crippen molar-refractivity contribution in [2.24, 2.45) is 0 Å². The number of aromatic nitrogens is 3. The molecule has 3 aromatic rings. The zero-order valence-electron chi connectivity index (χ0n) is 15.7. The SMILES string of the molecule is CCc1cccc(NC(=O)N2CCC[C@H]2c2nc(-c3ccc(F)cc3)n[nH]2)c1. The van der Waals surface area contributed by atoms with Crippen LogP contribution in [0, 0.1) is 5.82 Å². The van der Waals surface area contributed by atoms with Crippen LogP contribution >= 0.6 is 0 Å². The number of carbonyl (C=O) groups is 1. The van der Waals surface area contributed by atoms with Gasteiger partial charge in [-0.1, -0.05) is 19.1 Å². The van der Waals surface area contributed by atoms with Gasteiger partial charge in [-0.15, -0.1) is 0 Å². The molecule has 1 saturated heterocycles. The summed E-state index contributed by atoms with van der Waals surface area (Å²) in [6.07, 6.45) is 2.64. The molecular weight excluding hydrogens is 357 g/mol. The number of halogens is 1. The van der Waals surface area contributed by atoms with Crippen molar-refractivity contribution in [3.63, 3.8) is 0 Å². The first-order chi connectivity index (χ1) is 13.6. The molecule has 0 bridgehead atoms. The molecule has 2 N–H and O–H groups in total. The van der Waals surface area contributed by atoms with Gasteiger partial charge in [-0.3, -0.25) is 5.10 Å². The molecule has 144 valence electrons. The van der Waals surface area contributed by atoms with Crippen LogP contribution in [0.5, 0.6) is 0 Å². The summed E-state index contributed by atoms with van der Waals surface area (Å²) >= 11 is 0. The fourth-order valence-corrected chi connectivity index (χ4v) is 3.51. The van der Waals surface area contributed by atoms with Crippen LogP contribution in [0.15, 0.2) is 48.5 Å². The minimum absolute atomic E-state index is 0.143. The Morgan fingerprint density at radius 2 is 2.11 bits per heavy atom. The largest absolute Gasteiger partial charge is 0.322 e. The summed E-state index contributed by atoms with van der Waals surface area (Å²) in [5.74, 6) is 0.845. The van der Waals surface area contributed by atoms with Crippen LogP contribution in [0.3, 0.4) is 0 Å². The molecule has 1 aliphatic rings. The van der Waals surface area contributed by atoms with Gasteiger partial charge in [0, 0.05) is 17.8 Å². The third kappa shape index (κ3) is 3.74. The normalized spacial score (nSPS) is 16.4. The molecule has 0 aliphatic carbocycles. The summed E-state index contributed by atoms with van der Waals surface area (Å²) in [6.45, 7) is 2.75. The Kier molecular flexibility index (Phi) is 5.06. The van der Waals surface area contributed by atoms with E-state index in [4.69, 9.17) is 0 Å². The van der Waals surface area contributed by atoms with Crippen molar-refractivity contribution in [1.82, 2.24) is 20.1 Å². The molecule has 2 amide bonds. The predicted octanol–water partition coefficient (Wildman–Crippen LogP) is 4.54. The van der Waals surface area contributed by atoms with Crippen molar-refractivity contribution in [3.05, 3.63) is 65.7 Å². The van der Waals surface area contributed by atoms with E-state index < -0.39 is 0 Å². The number of hydrogen-bond acceptors (Lipinski definition) is 3. The summed E-state index contributed by atoms with van der Waals surface area (Å²) in [5.41, 5.74) is 2.70. The highest BCUT2D eigenvalue weighted by Gasteiger charge is 2.32. The number of nitrogens with one attached hydrogen (secondary N) is 2. The predicted molar refractivity (Wildman–Crippen MR) is 105 cm³/mol. The Bertz CT molecular complexity index is 969. The van der Waals surface area contributed by atoms with Gasteiger partial charge in [0.1, 0.15) is 11.6 Å². The second kappa shape index (κ2) is 7.80. The lowest BCUT2D eigenvalue weighted by molar-refractivity contribution is 0.205. The topological polar surface area (TPSA) is 73.9 Å². The van der Waals surface area contributed by atoms with Gasteiger partial charge in [0.05, 0.1) is 6.04 Å². The molecule has 7 heteroatoms. The van der Waals surface area contributed by atoms with Crippen molar-refractivity contribution in [1.29, 1.82) is 0 Å². The lowest BCUT2D eigenvalue weighted by atomic mass is 10.1. The van der Waals surface area contributed by atoms with Crippen LogP contribution in [0.1, 0.15) is 37.2 Å². The number of aryl methyl sites for hydroxylation is 1. The average molecular weight is 379 g/mol. The molecule has 0 unspecified atom stereocenters. The lowest BCUT2D eigenvalue weighted by Crippen LogP contribution is -2.34. The molecule has 0 spiro atoms. The Balaban J connectivity index is 1.50. The second-order valence-electron chi connectivity index (χ2n) is 6.89. The molecule has 0 saturated carbocycles. The van der Waals surface area contributed by atoms with Crippen molar-refractivity contribution in [3.8, 4) is 11.4 Å². The van der Waals surface area contributed by atoms with E-state index in [0.29, 0.717) is 18.2 Å². The number of H-pyrrole nitrogens is 1. The maximum absolute atomic E-state index is 13.1. The van der Waals surface area contributed by atoms with Crippen LogP contribution in [0.4, 0.5) is 14.9 Å². The standard InChI is InChI=1S/C21H22FN5O/c1-2-14-5-3-6-17(13-14)23-21(28)27-12-4-7-18(27)20-24-19(25-26-20)15-8-10-16(22)11-9-15/h3,5-6,8-11,13,18H,2,4,7,12H2,1H3,(H,23,28)(H,24,25,26)/t18-/m0/s1. The Morgan fingerprint density at radius 3 is 2.89 bits per heavy atom. The van der Waals surface area contributed by atoms with Crippen LogP contribution in [-0.2, 0) is 6.42 Å². The molecule has 2 heterocycles. The van der Waals surface area contributed by atoms with Gasteiger partial charge in [0.2, 0.25) is 0 Å². The number of rotatable bonds is 4. The second-order valence-corrected chi connectivity index (χ2v) is 6.89. The van der Waals surface area contributed by atoms with Gasteiger partial charge in [-0.05, 0) is 61.2 Å². The fraction of sp³-hybridized carbons (Fsp3) is 0.286. The number of likely N-dealkylation sites (tertiary alicyclic amines) is 1. The molecule has 1 aliphatic heterocycles. The third-order valence-electron chi connectivity index (χ3n) is 5.02. The zero-order chi connectivity index (χ0) is 19.5. The Labute approximate surface area is 162 Å². The fourth-order valence-electron chi connectivity index (χ4n) is 3.51. The first-order valence-corrected chi connectivity index (χ1v) is 9.49. The van der Waals surface area contributed by atoms with Crippen LogP contribution in [0.25, 0.3) is 11.4 Å². The van der Waals surface area contributed by atoms with E-state index in [2.05, 4.69) is 27.4 Å². The number of nitrogens with zero attached hydrogens (tertiary/aromatic N) is 3. The molecule has 2 aromatic carbocycles. The summed E-state index contributed by atoms with van der Waals surface area (Å²) in [6, 6.07) is 13.6. The quantitative estimate of drug-likeness (QED) is 0.699. The minimum atomic E-state index is -0.301. The number of aromatic amines is 1. The highest BCUT2D eigenvalue weighted by atomic mass is 19.1. The molecule has 0 radical (unpaired) electrons. The van der Waals surface area contributed by atoms with Gasteiger partial charge in [-0.25, -0.2) is 14.2 Å². The van der Waals surface area contributed by atoms with E-state index in [9.17, 15) is 9.18 Å². The molecule has 1 aromatic heterocycles. The van der Waals surface area contributed by atoms with Crippen molar-refractivity contribution < 1.29 is 9.18 Å². The average Bonchev–Trinajstić information content (AvgIpc) is 3.38. The highest BCUT2D eigenvalue weighted by Crippen LogP contribution is 2.31. The van der Waals surface area contributed by atoms with Gasteiger partial charge in [-0.2, -0.15) is 5.10 Å². The molecule has 6 nitrogen and oxygen atoms in total. The zero-order valence-corrected chi connectivity index (χ0v) is 15.7. The number of carbonyl (C=O) groups excluding carboxylic acids is 1. The molecule has 1 atom stereocenters. The van der Waals surface area contributed by atoms with Gasteiger partial charge in [0.25, 0.3) is 0 Å². The number of hydrogen-bond donors (Lipinski definition) is 2. The number of urea groups is 1. The van der Waals surface area contributed by atoms with E-state index in [1.54, 1.807) is 17.0 Å². The highest BCUT2D eigenvalue weighted by molar-refractivity contribution is 5.89. The first-order valence-electron chi connectivity index (χ1n) is 9.49. The van der Waals surface area contributed by atoms with E-state index in [1.165, 1.54) is 17.7 Å². The van der Waals surface area contributed by atoms with Crippen LogP contribution in [0.2, 0.25) is 0 Å². The van der Waals surface area contributed by atoms with Crippen molar-refractivity contribution in [2.45, 2.75) is 32.2 Å². The summed E-state index contributed by atoms with van der Waals surface area (Å²) in [4.78, 5) is 19.2. The number of anilines is 1.